The lowest BCUT2D eigenvalue weighted by atomic mass is 10.2. The number of ether oxygens (including phenoxy) is 1. The second-order valence-electron chi connectivity index (χ2n) is 3.78. The van der Waals surface area contributed by atoms with E-state index in [1.807, 2.05) is 7.05 Å². The van der Waals surface area contributed by atoms with Crippen molar-refractivity contribution in [3.63, 3.8) is 0 Å². The molecule has 0 radical (unpaired) electrons. The van der Waals surface area contributed by atoms with E-state index in [-0.39, 0.29) is 0 Å². The van der Waals surface area contributed by atoms with Crippen molar-refractivity contribution in [3.05, 3.63) is 0 Å². The first-order chi connectivity index (χ1) is 5.66. The van der Waals surface area contributed by atoms with Gasteiger partial charge in [0.2, 0.25) is 0 Å². The molecule has 1 N–H and O–H groups in total. The fourth-order valence-electron chi connectivity index (χ4n) is 1.01. The predicted molar refractivity (Wildman–Crippen MR) is 53.4 cm³/mol. The zero-order chi connectivity index (χ0) is 9.40. The van der Waals surface area contributed by atoms with Crippen LogP contribution in [-0.2, 0) is 4.74 Å². The van der Waals surface area contributed by atoms with E-state index in [9.17, 15) is 0 Å². The molecular formula is C10H23NO. The van der Waals surface area contributed by atoms with Crippen LogP contribution in [0.1, 0.15) is 33.6 Å². The summed E-state index contributed by atoms with van der Waals surface area (Å²) in [6.45, 7) is 8.49. The van der Waals surface area contributed by atoms with Crippen LogP contribution in [0, 0.1) is 5.92 Å². The van der Waals surface area contributed by atoms with E-state index >= 15 is 0 Å². The average molecular weight is 173 g/mol. The van der Waals surface area contributed by atoms with Gasteiger partial charge in [-0.25, -0.2) is 0 Å². The van der Waals surface area contributed by atoms with Crippen LogP contribution in [0.15, 0.2) is 0 Å². The summed E-state index contributed by atoms with van der Waals surface area (Å²) in [5.41, 5.74) is 0. The highest BCUT2D eigenvalue weighted by Gasteiger charge is 2.02. The fourth-order valence-corrected chi connectivity index (χ4v) is 1.01. The standard InChI is InChI=1S/C10H23NO/c1-9(2)8-12-10(3)6-5-7-11-4/h9-11H,5-8H2,1-4H3. The summed E-state index contributed by atoms with van der Waals surface area (Å²) in [6, 6.07) is 0. The maximum atomic E-state index is 5.62. The van der Waals surface area contributed by atoms with E-state index < -0.39 is 0 Å². The molecule has 0 spiro atoms. The Balaban J connectivity index is 3.15. The van der Waals surface area contributed by atoms with Crippen LogP contribution >= 0.6 is 0 Å². The van der Waals surface area contributed by atoms with Crippen LogP contribution in [0.5, 0.6) is 0 Å². The molecule has 0 amide bonds. The van der Waals surface area contributed by atoms with Crippen LogP contribution in [0.2, 0.25) is 0 Å². The molecule has 1 unspecified atom stereocenters. The molecule has 0 saturated heterocycles. The first kappa shape index (κ1) is 11.9. The fraction of sp³-hybridized carbons (Fsp3) is 1.00. The van der Waals surface area contributed by atoms with Gasteiger partial charge >= 0.3 is 0 Å². The lowest BCUT2D eigenvalue weighted by molar-refractivity contribution is 0.0414. The zero-order valence-corrected chi connectivity index (χ0v) is 8.89. The van der Waals surface area contributed by atoms with Crippen molar-refractivity contribution in [1.82, 2.24) is 5.32 Å². The Kier molecular flexibility index (Phi) is 7.51. The third kappa shape index (κ3) is 8.02. The molecule has 0 rings (SSSR count). The Morgan fingerprint density at radius 1 is 1.25 bits per heavy atom. The number of nitrogens with one attached hydrogen (secondary N) is 1. The predicted octanol–water partition coefficient (Wildman–Crippen LogP) is 2.05. The van der Waals surface area contributed by atoms with Gasteiger partial charge in [0.15, 0.2) is 0 Å². The second-order valence-corrected chi connectivity index (χ2v) is 3.78. The molecule has 0 saturated carbocycles. The molecule has 2 heteroatoms. The van der Waals surface area contributed by atoms with Crippen LogP contribution in [0.25, 0.3) is 0 Å². The molecule has 0 aliphatic heterocycles. The minimum Gasteiger partial charge on any atom is -0.378 e. The molecule has 0 aromatic rings. The third-order valence-electron chi connectivity index (χ3n) is 1.75. The Morgan fingerprint density at radius 2 is 1.92 bits per heavy atom. The Labute approximate surface area is 76.7 Å². The molecule has 0 heterocycles. The van der Waals surface area contributed by atoms with Gasteiger partial charge in [-0.15, -0.1) is 0 Å². The van der Waals surface area contributed by atoms with Crippen molar-refractivity contribution in [2.75, 3.05) is 20.2 Å². The van der Waals surface area contributed by atoms with Crippen molar-refractivity contribution in [3.8, 4) is 0 Å². The minimum atomic E-state index is 0.417. The lowest BCUT2D eigenvalue weighted by Gasteiger charge is -2.14. The largest absolute Gasteiger partial charge is 0.378 e. The number of rotatable bonds is 7. The summed E-state index contributed by atoms with van der Waals surface area (Å²) in [5.74, 6) is 0.650. The van der Waals surface area contributed by atoms with E-state index in [2.05, 4.69) is 26.1 Å². The molecule has 0 fully saturated rings. The highest BCUT2D eigenvalue weighted by Crippen LogP contribution is 2.03. The maximum absolute atomic E-state index is 5.62. The maximum Gasteiger partial charge on any atom is 0.0547 e. The monoisotopic (exact) mass is 173 g/mol. The van der Waals surface area contributed by atoms with Crippen molar-refractivity contribution in [2.45, 2.75) is 39.7 Å². The molecule has 0 aliphatic rings. The summed E-state index contributed by atoms with van der Waals surface area (Å²) < 4.78 is 5.62. The van der Waals surface area contributed by atoms with Crippen LogP contribution in [0.4, 0.5) is 0 Å². The summed E-state index contributed by atoms with van der Waals surface area (Å²) >= 11 is 0. The second kappa shape index (κ2) is 7.56. The normalized spacial score (nSPS) is 13.8. The first-order valence-corrected chi connectivity index (χ1v) is 4.93. The number of hydrogen-bond acceptors (Lipinski definition) is 2. The number of hydrogen-bond donors (Lipinski definition) is 1. The van der Waals surface area contributed by atoms with Crippen molar-refractivity contribution >= 4 is 0 Å². The molecule has 0 bridgehead atoms. The first-order valence-electron chi connectivity index (χ1n) is 4.93. The van der Waals surface area contributed by atoms with Gasteiger partial charge in [-0.1, -0.05) is 13.8 Å². The topological polar surface area (TPSA) is 21.3 Å². The van der Waals surface area contributed by atoms with Gasteiger partial charge in [0, 0.05) is 6.61 Å². The van der Waals surface area contributed by atoms with Gasteiger partial charge in [-0.3, -0.25) is 0 Å². The van der Waals surface area contributed by atoms with Crippen LogP contribution in [-0.4, -0.2) is 26.3 Å². The van der Waals surface area contributed by atoms with E-state index in [1.54, 1.807) is 0 Å². The molecule has 2 nitrogen and oxygen atoms in total. The molecule has 0 aliphatic carbocycles. The molecule has 1 atom stereocenters. The van der Waals surface area contributed by atoms with E-state index in [1.165, 1.54) is 6.42 Å². The van der Waals surface area contributed by atoms with Gasteiger partial charge < -0.3 is 10.1 Å². The SMILES string of the molecule is CNCCCC(C)OCC(C)C. The smallest absolute Gasteiger partial charge is 0.0547 e. The Morgan fingerprint density at radius 3 is 2.42 bits per heavy atom. The molecule has 0 aromatic carbocycles. The van der Waals surface area contributed by atoms with Gasteiger partial charge in [0.25, 0.3) is 0 Å². The van der Waals surface area contributed by atoms with Gasteiger partial charge in [-0.2, -0.15) is 0 Å². The molecule has 0 aromatic heterocycles. The molecular weight excluding hydrogens is 150 g/mol. The summed E-state index contributed by atoms with van der Waals surface area (Å²) in [4.78, 5) is 0. The summed E-state index contributed by atoms with van der Waals surface area (Å²) in [7, 11) is 1.99. The van der Waals surface area contributed by atoms with E-state index in [0.29, 0.717) is 12.0 Å². The lowest BCUT2D eigenvalue weighted by Crippen LogP contribution is -2.15. The third-order valence-corrected chi connectivity index (χ3v) is 1.75. The zero-order valence-electron chi connectivity index (χ0n) is 8.89. The average Bonchev–Trinajstić information content (AvgIpc) is 2.01. The van der Waals surface area contributed by atoms with Crippen LogP contribution in [0.3, 0.4) is 0 Å². The van der Waals surface area contributed by atoms with Crippen molar-refractivity contribution in [2.24, 2.45) is 5.92 Å². The van der Waals surface area contributed by atoms with E-state index in [0.717, 1.165) is 19.6 Å². The quantitative estimate of drug-likeness (QED) is 0.595. The van der Waals surface area contributed by atoms with Gasteiger partial charge in [-0.05, 0) is 39.3 Å². The highest BCUT2D eigenvalue weighted by molar-refractivity contribution is 4.53. The van der Waals surface area contributed by atoms with Crippen molar-refractivity contribution < 1.29 is 4.74 Å². The van der Waals surface area contributed by atoms with Gasteiger partial charge in [0.1, 0.15) is 0 Å². The highest BCUT2D eigenvalue weighted by atomic mass is 16.5. The Hall–Kier alpha value is -0.0800. The molecule has 74 valence electrons. The summed E-state index contributed by atoms with van der Waals surface area (Å²) in [6.07, 6.45) is 2.78. The van der Waals surface area contributed by atoms with Crippen LogP contribution < -0.4 is 5.32 Å². The van der Waals surface area contributed by atoms with Crippen molar-refractivity contribution in [1.29, 1.82) is 0 Å². The molecule has 12 heavy (non-hydrogen) atoms. The minimum absolute atomic E-state index is 0.417. The summed E-state index contributed by atoms with van der Waals surface area (Å²) in [5, 5.41) is 3.13. The van der Waals surface area contributed by atoms with E-state index in [4.69, 9.17) is 4.74 Å². The van der Waals surface area contributed by atoms with Gasteiger partial charge in [0.05, 0.1) is 6.10 Å². The Bertz CT molecular complexity index is 93.8.